The molecule has 0 amide bonds. The van der Waals surface area contributed by atoms with Gasteiger partial charge in [0.25, 0.3) is 0 Å². The predicted octanol–water partition coefficient (Wildman–Crippen LogP) is 4.66. The van der Waals surface area contributed by atoms with Gasteiger partial charge in [0.15, 0.2) is 5.41 Å². The monoisotopic (exact) mass is 424 g/mol. The molecule has 29 heavy (non-hydrogen) atoms. The van der Waals surface area contributed by atoms with Crippen molar-refractivity contribution in [3.8, 4) is 5.75 Å². The van der Waals surface area contributed by atoms with Crippen molar-refractivity contribution in [2.75, 3.05) is 27.4 Å². The van der Waals surface area contributed by atoms with Crippen molar-refractivity contribution in [1.29, 1.82) is 0 Å². The van der Waals surface area contributed by atoms with Crippen molar-refractivity contribution < 1.29 is 41.3 Å². The third-order valence-electron chi connectivity index (χ3n) is 4.85. The molecule has 0 heterocycles. The summed E-state index contributed by atoms with van der Waals surface area (Å²) in [5.41, 5.74) is -3.28. The zero-order valence-electron chi connectivity index (χ0n) is 17.5. The van der Waals surface area contributed by atoms with Gasteiger partial charge in [-0.25, -0.2) is 4.39 Å². The topological polar surface area (TPSA) is 54.0 Å². The summed E-state index contributed by atoms with van der Waals surface area (Å²) in [7, 11) is 2.86. The van der Waals surface area contributed by atoms with Crippen LogP contribution in [0.1, 0.15) is 38.8 Å². The van der Waals surface area contributed by atoms with Gasteiger partial charge < -0.3 is 18.9 Å². The van der Waals surface area contributed by atoms with Crippen molar-refractivity contribution in [2.45, 2.75) is 47.1 Å². The lowest BCUT2D eigenvalue weighted by molar-refractivity contribution is -0.255. The zero-order chi connectivity index (χ0) is 22.5. The molecule has 1 aromatic rings. The second-order valence-corrected chi connectivity index (χ2v) is 7.78. The van der Waals surface area contributed by atoms with E-state index in [1.54, 1.807) is 0 Å². The molecule has 0 spiro atoms. The molecule has 5 nitrogen and oxygen atoms in total. The third kappa shape index (κ3) is 5.82. The number of ether oxygens (including phenoxy) is 4. The summed E-state index contributed by atoms with van der Waals surface area (Å²) in [6.07, 6.45) is -4.78. The fourth-order valence-electron chi connectivity index (χ4n) is 2.69. The lowest BCUT2D eigenvalue weighted by Gasteiger charge is -2.40. The molecule has 0 radical (unpaired) electrons. The van der Waals surface area contributed by atoms with Crippen LogP contribution in [-0.4, -0.2) is 39.6 Å². The maximum absolute atomic E-state index is 13.8. The Hall–Kier alpha value is -1.87. The van der Waals surface area contributed by atoms with Crippen LogP contribution in [0.15, 0.2) is 12.1 Å². The van der Waals surface area contributed by atoms with Gasteiger partial charge in [0.05, 0.1) is 13.2 Å². The van der Waals surface area contributed by atoms with E-state index in [4.69, 9.17) is 18.9 Å². The van der Waals surface area contributed by atoms with E-state index in [1.807, 2.05) is 0 Å². The number of alkyl halides is 3. The summed E-state index contributed by atoms with van der Waals surface area (Å²) >= 11 is 0. The van der Waals surface area contributed by atoms with E-state index in [0.717, 1.165) is 6.92 Å². The minimum absolute atomic E-state index is 0.0553. The van der Waals surface area contributed by atoms with Gasteiger partial charge in [-0.2, -0.15) is 13.2 Å². The van der Waals surface area contributed by atoms with Crippen LogP contribution < -0.4 is 4.74 Å². The molecule has 1 aromatic carbocycles. The van der Waals surface area contributed by atoms with Crippen LogP contribution in [0.25, 0.3) is 0 Å². The van der Waals surface area contributed by atoms with E-state index in [-0.39, 0.29) is 25.6 Å². The molecule has 0 aromatic heterocycles. The summed E-state index contributed by atoms with van der Waals surface area (Å²) in [5, 5.41) is 0. The fraction of sp³-hybridized carbons (Fsp3) is 0.650. The van der Waals surface area contributed by atoms with E-state index < -0.39 is 35.4 Å². The second kappa shape index (κ2) is 9.75. The van der Waals surface area contributed by atoms with Crippen LogP contribution in [0.2, 0.25) is 0 Å². The molecule has 0 aliphatic carbocycles. The van der Waals surface area contributed by atoms with E-state index >= 15 is 0 Å². The molecule has 0 saturated carbocycles. The number of hydrogen-bond donors (Lipinski definition) is 0. The SMILES string of the molecule is COCc1cc(F)cc(COC)c1OCCOC(=O)C(C)(C(C)(C)C)C(F)(F)F. The van der Waals surface area contributed by atoms with Gasteiger partial charge in [0, 0.05) is 25.3 Å². The highest BCUT2D eigenvalue weighted by Gasteiger charge is 2.64. The molecular weight excluding hydrogens is 396 g/mol. The van der Waals surface area contributed by atoms with Crippen molar-refractivity contribution in [1.82, 2.24) is 0 Å². The summed E-state index contributed by atoms with van der Waals surface area (Å²) < 4.78 is 74.9. The van der Waals surface area contributed by atoms with E-state index in [0.29, 0.717) is 11.1 Å². The Morgan fingerprint density at radius 3 is 1.79 bits per heavy atom. The molecule has 0 N–H and O–H groups in total. The standard InChI is InChI=1S/C20H28F4O5/c1-18(2,3)19(4,20(22,23)24)17(25)29-8-7-28-16-13(11-26-5)9-15(21)10-14(16)12-27-6/h9-10H,7-8,11-12H2,1-6H3. The lowest BCUT2D eigenvalue weighted by Crippen LogP contribution is -2.52. The van der Waals surface area contributed by atoms with Gasteiger partial charge in [0.1, 0.15) is 24.8 Å². The summed E-state index contributed by atoms with van der Waals surface area (Å²) in [6, 6.07) is 2.45. The lowest BCUT2D eigenvalue weighted by atomic mass is 9.67. The highest BCUT2D eigenvalue weighted by atomic mass is 19.4. The molecule has 0 bridgehead atoms. The molecule has 1 rings (SSSR count). The quantitative estimate of drug-likeness (QED) is 0.328. The van der Waals surface area contributed by atoms with Gasteiger partial charge in [-0.1, -0.05) is 20.8 Å². The molecule has 1 unspecified atom stereocenters. The average molecular weight is 424 g/mol. The normalized spacial score (nSPS) is 14.4. The smallest absolute Gasteiger partial charge is 0.405 e. The number of methoxy groups -OCH3 is 2. The molecule has 0 fully saturated rings. The molecule has 166 valence electrons. The molecule has 0 aliphatic rings. The van der Waals surface area contributed by atoms with E-state index in [2.05, 4.69) is 0 Å². The van der Waals surface area contributed by atoms with Crippen LogP contribution >= 0.6 is 0 Å². The van der Waals surface area contributed by atoms with Crippen LogP contribution in [0.4, 0.5) is 17.6 Å². The summed E-state index contributed by atoms with van der Waals surface area (Å²) in [6.45, 7) is 4.28. The van der Waals surface area contributed by atoms with E-state index in [9.17, 15) is 22.4 Å². The number of hydrogen-bond acceptors (Lipinski definition) is 5. The van der Waals surface area contributed by atoms with Crippen LogP contribution in [0, 0.1) is 16.6 Å². The van der Waals surface area contributed by atoms with Gasteiger partial charge in [0.2, 0.25) is 0 Å². The number of carbonyl (C=O) groups excluding carboxylic acids is 1. The molecular formula is C20H28F4O5. The van der Waals surface area contributed by atoms with Crippen LogP contribution in [-0.2, 0) is 32.2 Å². The fourth-order valence-corrected chi connectivity index (χ4v) is 2.69. The first-order valence-electron chi connectivity index (χ1n) is 8.95. The van der Waals surface area contributed by atoms with Crippen molar-refractivity contribution >= 4 is 5.97 Å². The number of carbonyl (C=O) groups is 1. The average Bonchev–Trinajstić information content (AvgIpc) is 2.57. The van der Waals surface area contributed by atoms with Gasteiger partial charge in [-0.15, -0.1) is 0 Å². The second-order valence-electron chi connectivity index (χ2n) is 7.78. The Balaban J connectivity index is 2.90. The van der Waals surface area contributed by atoms with Crippen LogP contribution in [0.5, 0.6) is 5.75 Å². The van der Waals surface area contributed by atoms with Crippen molar-refractivity contribution in [3.05, 3.63) is 29.1 Å². The minimum atomic E-state index is -4.78. The number of esters is 1. The first kappa shape index (κ1) is 25.2. The third-order valence-corrected chi connectivity index (χ3v) is 4.85. The summed E-state index contributed by atoms with van der Waals surface area (Å²) in [4.78, 5) is 12.3. The Morgan fingerprint density at radius 2 is 1.41 bits per heavy atom. The summed E-state index contributed by atoms with van der Waals surface area (Å²) in [5.74, 6) is -1.61. The number of rotatable bonds is 9. The minimum Gasteiger partial charge on any atom is -0.489 e. The molecule has 0 saturated heterocycles. The highest BCUT2D eigenvalue weighted by Crippen LogP contribution is 2.51. The zero-order valence-corrected chi connectivity index (χ0v) is 17.5. The van der Waals surface area contributed by atoms with Crippen molar-refractivity contribution in [3.63, 3.8) is 0 Å². The maximum atomic E-state index is 13.8. The number of benzene rings is 1. The predicted molar refractivity (Wildman–Crippen MR) is 97.9 cm³/mol. The highest BCUT2D eigenvalue weighted by molar-refractivity contribution is 5.78. The molecule has 0 aliphatic heterocycles. The first-order valence-corrected chi connectivity index (χ1v) is 8.95. The Labute approximate surface area is 168 Å². The van der Waals surface area contributed by atoms with Crippen LogP contribution in [0.3, 0.4) is 0 Å². The van der Waals surface area contributed by atoms with Gasteiger partial charge in [-0.3, -0.25) is 4.79 Å². The largest absolute Gasteiger partial charge is 0.489 e. The Morgan fingerprint density at radius 1 is 0.931 bits per heavy atom. The maximum Gasteiger partial charge on any atom is 0.405 e. The Kier molecular flexibility index (Phi) is 8.47. The number of halogens is 4. The van der Waals surface area contributed by atoms with Crippen molar-refractivity contribution in [2.24, 2.45) is 10.8 Å². The Bertz CT molecular complexity index is 654. The molecule has 9 heteroatoms. The molecule has 1 atom stereocenters. The first-order chi connectivity index (χ1) is 13.3. The van der Waals surface area contributed by atoms with Gasteiger partial charge >= 0.3 is 12.1 Å². The van der Waals surface area contributed by atoms with E-state index in [1.165, 1.54) is 47.1 Å². The van der Waals surface area contributed by atoms with Gasteiger partial charge in [-0.05, 0) is 24.5 Å².